The van der Waals surface area contributed by atoms with Gasteiger partial charge in [0.2, 0.25) is 0 Å². The van der Waals surface area contributed by atoms with Crippen LogP contribution in [0.1, 0.15) is 27.2 Å². The molecule has 5 N–H and O–H groups in total. The Kier molecular flexibility index (Phi) is 5.46. The van der Waals surface area contributed by atoms with Crippen molar-refractivity contribution in [3.05, 3.63) is 64.8 Å². The van der Waals surface area contributed by atoms with Gasteiger partial charge in [-0.15, -0.1) is 5.10 Å². The number of carbonyl (C=O) groups excluding carboxylic acids is 1. The van der Waals surface area contributed by atoms with Crippen molar-refractivity contribution in [3.8, 4) is 5.95 Å². The lowest BCUT2D eigenvalue weighted by atomic mass is 9.79. The summed E-state index contributed by atoms with van der Waals surface area (Å²) in [6.45, 7) is 1.31. The zero-order valence-corrected chi connectivity index (χ0v) is 17.5. The summed E-state index contributed by atoms with van der Waals surface area (Å²) in [7, 11) is -1.54. The molecule has 0 bridgehead atoms. The van der Waals surface area contributed by atoms with E-state index in [2.05, 4.69) is 25.6 Å². The Morgan fingerprint density at radius 2 is 2.06 bits per heavy atom. The van der Waals surface area contributed by atoms with Crippen molar-refractivity contribution in [2.75, 3.05) is 11.9 Å². The second-order valence-corrected chi connectivity index (χ2v) is 7.61. The van der Waals surface area contributed by atoms with Gasteiger partial charge in [-0.2, -0.15) is 9.67 Å². The van der Waals surface area contributed by atoms with Crippen LogP contribution in [0, 0.1) is 0 Å². The molecule has 0 aliphatic carbocycles. The number of primary amides is 1. The first-order chi connectivity index (χ1) is 16.0. The molecule has 1 aliphatic heterocycles. The van der Waals surface area contributed by atoms with Gasteiger partial charge in [-0.25, -0.2) is 4.98 Å². The molecular formula is C21H20BN7O4. The maximum atomic E-state index is 11.8. The minimum atomic E-state index is -1.54. The van der Waals surface area contributed by atoms with Crippen molar-refractivity contribution in [1.82, 2.24) is 25.0 Å². The Morgan fingerprint density at radius 1 is 1.21 bits per heavy atom. The number of anilines is 1. The number of hydrogen-bond donors (Lipinski definition) is 4. The number of amides is 1. The molecule has 0 saturated carbocycles. The van der Waals surface area contributed by atoms with E-state index in [-0.39, 0.29) is 5.56 Å². The monoisotopic (exact) mass is 445 g/mol. The fourth-order valence-corrected chi connectivity index (χ4v) is 3.80. The van der Waals surface area contributed by atoms with Crippen molar-refractivity contribution in [2.24, 2.45) is 5.73 Å². The molecule has 2 aromatic carbocycles. The maximum absolute atomic E-state index is 11.8. The largest absolute Gasteiger partial charge is 0.488 e. The number of nitrogens with two attached hydrogens (primary N) is 1. The quantitative estimate of drug-likeness (QED) is 0.291. The molecule has 0 atom stereocenters. The van der Waals surface area contributed by atoms with E-state index in [0.29, 0.717) is 54.4 Å². The highest BCUT2D eigenvalue weighted by atomic mass is 16.5. The maximum Gasteiger partial charge on any atom is 0.488 e. The van der Waals surface area contributed by atoms with Crippen LogP contribution in [-0.4, -0.2) is 54.6 Å². The number of nitrogens with zero attached hydrogens (tertiary/aromatic N) is 5. The third-order valence-electron chi connectivity index (χ3n) is 5.45. The Balaban J connectivity index is 1.54. The molecule has 1 amide bonds. The minimum absolute atomic E-state index is 0.273. The van der Waals surface area contributed by atoms with Crippen LogP contribution in [0.2, 0.25) is 0 Å². The second kappa shape index (κ2) is 8.58. The van der Waals surface area contributed by atoms with Crippen LogP contribution in [0.3, 0.4) is 0 Å². The van der Waals surface area contributed by atoms with Crippen LogP contribution in [0.25, 0.3) is 17.0 Å². The van der Waals surface area contributed by atoms with Crippen LogP contribution in [0.5, 0.6) is 0 Å². The van der Waals surface area contributed by atoms with E-state index < -0.39 is 13.0 Å². The lowest BCUT2D eigenvalue weighted by Gasteiger charge is -2.20. The Labute approximate surface area is 188 Å². The smallest absolute Gasteiger partial charge is 0.423 e. The first-order valence-corrected chi connectivity index (χ1v) is 10.3. The van der Waals surface area contributed by atoms with Crippen molar-refractivity contribution in [3.63, 3.8) is 0 Å². The van der Waals surface area contributed by atoms with E-state index >= 15 is 0 Å². The molecule has 0 fully saturated rings. The summed E-state index contributed by atoms with van der Waals surface area (Å²) >= 11 is 0. The molecule has 166 valence electrons. The summed E-state index contributed by atoms with van der Waals surface area (Å²) in [5, 5.41) is 30.4. The molecule has 0 unspecified atom stereocenters. The highest BCUT2D eigenvalue weighted by Crippen LogP contribution is 2.25. The molecule has 0 radical (unpaired) electrons. The number of nitrogens with one attached hydrogen (secondary N) is 1. The van der Waals surface area contributed by atoms with Gasteiger partial charge in [0.1, 0.15) is 11.3 Å². The highest BCUT2D eigenvalue weighted by Gasteiger charge is 2.21. The standard InChI is InChI=1S/C21H20BN7O4/c23-19(30)14-5-2-6-17-18(14)27-28-29(17)21-25-16-7-8-33-11-15(16)20(26-21)24-10-12-3-1-4-13(9-12)22(31)32/h1-6,9,31-32H,7-8,10-11H2,(H2,23,30)(H,24,25,26). The molecule has 5 rings (SSSR count). The topological polar surface area (TPSA) is 161 Å². The van der Waals surface area contributed by atoms with Gasteiger partial charge in [0, 0.05) is 18.5 Å². The molecule has 12 heteroatoms. The summed E-state index contributed by atoms with van der Waals surface area (Å²) < 4.78 is 7.09. The Bertz CT molecular complexity index is 1360. The predicted octanol–water partition coefficient (Wildman–Crippen LogP) is -0.326. The number of aromatic nitrogens is 5. The van der Waals surface area contributed by atoms with Crippen molar-refractivity contribution in [2.45, 2.75) is 19.6 Å². The van der Waals surface area contributed by atoms with Gasteiger partial charge >= 0.3 is 7.12 Å². The highest BCUT2D eigenvalue weighted by molar-refractivity contribution is 6.58. The van der Waals surface area contributed by atoms with E-state index in [1.165, 1.54) is 4.68 Å². The first-order valence-electron chi connectivity index (χ1n) is 10.3. The predicted molar refractivity (Wildman–Crippen MR) is 120 cm³/mol. The van der Waals surface area contributed by atoms with E-state index in [1.54, 1.807) is 36.4 Å². The van der Waals surface area contributed by atoms with Crippen LogP contribution in [0.15, 0.2) is 42.5 Å². The molecule has 1 aliphatic rings. The van der Waals surface area contributed by atoms with E-state index in [1.807, 2.05) is 6.07 Å². The summed E-state index contributed by atoms with van der Waals surface area (Å²) in [5.74, 6) is 0.301. The zero-order chi connectivity index (χ0) is 22.9. The van der Waals surface area contributed by atoms with E-state index in [4.69, 9.17) is 10.5 Å². The molecule has 33 heavy (non-hydrogen) atoms. The molecule has 0 saturated heterocycles. The molecular weight excluding hydrogens is 425 g/mol. The van der Waals surface area contributed by atoms with Crippen LogP contribution in [0.4, 0.5) is 5.82 Å². The van der Waals surface area contributed by atoms with Gasteiger partial charge in [-0.05, 0) is 23.2 Å². The third kappa shape index (κ3) is 4.02. The van der Waals surface area contributed by atoms with Crippen molar-refractivity contribution < 1.29 is 19.6 Å². The van der Waals surface area contributed by atoms with Crippen LogP contribution >= 0.6 is 0 Å². The lowest BCUT2D eigenvalue weighted by molar-refractivity contribution is 0.100. The minimum Gasteiger partial charge on any atom is -0.423 e. The molecule has 3 heterocycles. The number of fused-ring (bicyclic) bond motifs is 2. The molecule has 0 spiro atoms. The summed E-state index contributed by atoms with van der Waals surface area (Å²) in [4.78, 5) is 21.1. The zero-order valence-electron chi connectivity index (χ0n) is 17.5. The van der Waals surface area contributed by atoms with Gasteiger partial charge in [0.25, 0.3) is 11.9 Å². The summed E-state index contributed by atoms with van der Waals surface area (Å²) in [6, 6.07) is 12.1. The van der Waals surface area contributed by atoms with Gasteiger partial charge in [0.05, 0.1) is 30.0 Å². The van der Waals surface area contributed by atoms with Crippen molar-refractivity contribution in [1.29, 1.82) is 0 Å². The van der Waals surface area contributed by atoms with Gasteiger partial charge in [-0.3, -0.25) is 4.79 Å². The van der Waals surface area contributed by atoms with Gasteiger partial charge < -0.3 is 25.8 Å². The number of benzene rings is 2. The number of rotatable bonds is 6. The fraction of sp³-hybridized carbons (Fsp3) is 0.190. The Morgan fingerprint density at radius 3 is 2.88 bits per heavy atom. The second-order valence-electron chi connectivity index (χ2n) is 7.61. The van der Waals surface area contributed by atoms with Gasteiger partial charge in [0.15, 0.2) is 0 Å². The first kappa shape index (κ1) is 21.0. The van der Waals surface area contributed by atoms with Crippen molar-refractivity contribution >= 4 is 35.3 Å². The van der Waals surface area contributed by atoms with E-state index in [0.717, 1.165) is 16.8 Å². The normalized spacial score (nSPS) is 13.0. The van der Waals surface area contributed by atoms with Gasteiger partial charge in [-0.1, -0.05) is 35.5 Å². The molecule has 11 nitrogen and oxygen atoms in total. The SMILES string of the molecule is NC(=O)c1cccc2c1nnn2-c1nc2c(c(NCc3cccc(B(O)O)c3)n1)COCC2. The number of ether oxygens (including phenoxy) is 1. The molecule has 2 aromatic heterocycles. The lowest BCUT2D eigenvalue weighted by Crippen LogP contribution is -2.30. The van der Waals surface area contributed by atoms with Crippen LogP contribution < -0.4 is 16.5 Å². The Hall–Kier alpha value is -3.87. The molecule has 4 aromatic rings. The number of carbonyl (C=O) groups is 1. The third-order valence-corrected chi connectivity index (χ3v) is 5.45. The summed E-state index contributed by atoms with van der Waals surface area (Å²) in [6.07, 6.45) is 0.616. The average molecular weight is 445 g/mol. The number of hydrogen-bond acceptors (Lipinski definition) is 9. The average Bonchev–Trinajstić information content (AvgIpc) is 3.26. The summed E-state index contributed by atoms with van der Waals surface area (Å²) in [5.41, 5.74) is 9.62. The van der Waals surface area contributed by atoms with Crippen LogP contribution in [-0.2, 0) is 24.3 Å². The van der Waals surface area contributed by atoms with E-state index in [9.17, 15) is 14.8 Å². The fourth-order valence-electron chi connectivity index (χ4n) is 3.80.